The first kappa shape index (κ1) is 14.8. The van der Waals surface area contributed by atoms with E-state index in [2.05, 4.69) is 4.98 Å². The van der Waals surface area contributed by atoms with Gasteiger partial charge in [-0.1, -0.05) is 17.7 Å². The molecule has 0 fully saturated rings. The van der Waals surface area contributed by atoms with Gasteiger partial charge in [0.15, 0.2) is 5.69 Å². The van der Waals surface area contributed by atoms with Crippen molar-refractivity contribution in [3.8, 4) is 11.4 Å². The summed E-state index contributed by atoms with van der Waals surface area (Å²) in [7, 11) is 1.26. The molecular weight excluding hydrogens is 300 g/mol. The van der Waals surface area contributed by atoms with E-state index in [0.29, 0.717) is 5.56 Å². The highest BCUT2D eigenvalue weighted by molar-refractivity contribution is 6.30. The molecule has 1 N–H and O–H groups in total. The Morgan fingerprint density at radius 3 is 2.45 bits per heavy atom. The summed E-state index contributed by atoms with van der Waals surface area (Å²) >= 11 is 5.58. The zero-order valence-corrected chi connectivity index (χ0v) is 10.9. The van der Waals surface area contributed by atoms with Crippen LogP contribution in [0.5, 0.6) is 0 Å². The van der Waals surface area contributed by atoms with Gasteiger partial charge in [-0.3, -0.25) is 0 Å². The van der Waals surface area contributed by atoms with Crippen LogP contribution in [0.3, 0.4) is 0 Å². The molecule has 2 aromatic rings. The number of benzene rings is 1. The molecule has 0 bridgehead atoms. The minimum Gasteiger partial charge on any atom is -0.392 e. The molecule has 0 aliphatic rings. The maximum Gasteiger partial charge on any atom is 0.436 e. The average Bonchev–Trinajstić information content (AvgIpc) is 2.66. The minimum atomic E-state index is -4.71. The quantitative estimate of drug-likeness (QED) is 0.864. The van der Waals surface area contributed by atoms with Gasteiger partial charge in [-0.2, -0.15) is 13.2 Å². The van der Waals surface area contributed by atoms with Crippen molar-refractivity contribution in [3.63, 3.8) is 0 Å². The Hall–Kier alpha value is -1.60. The van der Waals surface area contributed by atoms with Crippen molar-refractivity contribution in [1.29, 1.82) is 0 Å². The highest BCUT2D eigenvalue weighted by Crippen LogP contribution is 2.36. The number of halogens is 5. The molecule has 20 heavy (non-hydrogen) atoms. The second-order valence-electron chi connectivity index (χ2n) is 4.10. The van der Waals surface area contributed by atoms with Crippen molar-refractivity contribution in [1.82, 2.24) is 9.55 Å². The summed E-state index contributed by atoms with van der Waals surface area (Å²) in [5, 5.41) is 8.26. The molecule has 0 atom stereocenters. The van der Waals surface area contributed by atoms with E-state index in [1.165, 1.54) is 19.2 Å². The summed E-state index contributed by atoms with van der Waals surface area (Å²) in [5.74, 6) is -1.01. The lowest BCUT2D eigenvalue weighted by Crippen LogP contribution is -2.06. The first-order chi connectivity index (χ1) is 9.25. The largest absolute Gasteiger partial charge is 0.436 e. The summed E-state index contributed by atoms with van der Waals surface area (Å²) in [6.07, 6.45) is -4.71. The van der Waals surface area contributed by atoms with Crippen LogP contribution in [0.15, 0.2) is 18.2 Å². The van der Waals surface area contributed by atoms with E-state index in [1.54, 1.807) is 0 Å². The van der Waals surface area contributed by atoms with E-state index in [4.69, 9.17) is 16.7 Å². The van der Waals surface area contributed by atoms with Gasteiger partial charge >= 0.3 is 6.18 Å². The lowest BCUT2D eigenvalue weighted by Gasteiger charge is -2.05. The molecule has 1 aromatic heterocycles. The van der Waals surface area contributed by atoms with Gasteiger partial charge in [-0.15, -0.1) is 0 Å². The predicted octanol–water partition coefficient (Wildman–Crippen LogP) is 3.39. The fourth-order valence-corrected chi connectivity index (χ4v) is 1.97. The van der Waals surface area contributed by atoms with Gasteiger partial charge in [0.25, 0.3) is 0 Å². The van der Waals surface area contributed by atoms with Gasteiger partial charge in [0.1, 0.15) is 16.8 Å². The number of hydrogen-bond donors (Lipinski definition) is 1. The third-order valence-corrected chi connectivity index (χ3v) is 3.18. The minimum absolute atomic E-state index is 0.123. The zero-order valence-electron chi connectivity index (χ0n) is 10.2. The number of imidazole rings is 1. The number of aliphatic hydroxyl groups excluding tert-OH is 1. The van der Waals surface area contributed by atoms with Crippen molar-refractivity contribution >= 4 is 11.6 Å². The van der Waals surface area contributed by atoms with Gasteiger partial charge in [0.05, 0.1) is 12.2 Å². The van der Waals surface area contributed by atoms with E-state index in [9.17, 15) is 17.6 Å². The maximum atomic E-state index is 13.9. The van der Waals surface area contributed by atoms with Gasteiger partial charge in [-0.05, 0) is 17.7 Å². The second kappa shape index (κ2) is 5.06. The number of alkyl halides is 3. The average molecular weight is 309 g/mol. The summed E-state index contributed by atoms with van der Waals surface area (Å²) in [4.78, 5) is 3.37. The van der Waals surface area contributed by atoms with Crippen molar-refractivity contribution in [2.24, 2.45) is 7.05 Å². The smallest absolute Gasteiger partial charge is 0.392 e. The van der Waals surface area contributed by atoms with Crippen molar-refractivity contribution in [3.05, 3.63) is 40.4 Å². The Kier molecular flexibility index (Phi) is 3.75. The molecule has 1 heterocycles. The topological polar surface area (TPSA) is 38.0 Å². The Morgan fingerprint density at radius 1 is 1.35 bits per heavy atom. The molecular formula is C12H9ClF4N2O. The lowest BCUT2D eigenvalue weighted by molar-refractivity contribution is -0.140. The molecule has 0 radical (unpaired) electrons. The van der Waals surface area contributed by atoms with Crippen LogP contribution in [0, 0.1) is 5.82 Å². The monoisotopic (exact) mass is 308 g/mol. The zero-order chi connectivity index (χ0) is 15.1. The fraction of sp³-hybridized carbons (Fsp3) is 0.250. The number of hydrogen-bond acceptors (Lipinski definition) is 2. The first-order valence-corrected chi connectivity index (χ1v) is 5.82. The predicted molar refractivity (Wildman–Crippen MR) is 64.5 cm³/mol. The van der Waals surface area contributed by atoms with E-state index in [0.717, 1.165) is 10.6 Å². The second-order valence-corrected chi connectivity index (χ2v) is 4.46. The van der Waals surface area contributed by atoms with Crippen molar-refractivity contribution in [2.75, 3.05) is 0 Å². The molecule has 0 aliphatic carbocycles. The standard InChI is InChI=1S/C12H9ClF4N2O/c1-19-10(13)9(12(15,16)17)18-11(19)7-3-2-6(5-20)4-8(7)14/h2-4,20H,5H2,1H3. The summed E-state index contributed by atoms with van der Waals surface area (Å²) in [5.41, 5.74) is -1.08. The molecule has 108 valence electrons. The van der Waals surface area contributed by atoms with Crippen LogP contribution in [0.4, 0.5) is 17.6 Å². The van der Waals surface area contributed by atoms with Crippen LogP contribution in [0.25, 0.3) is 11.4 Å². The summed E-state index contributed by atoms with van der Waals surface area (Å²) < 4.78 is 52.9. The summed E-state index contributed by atoms with van der Waals surface area (Å²) in [6.45, 7) is -0.369. The van der Waals surface area contributed by atoms with Crippen LogP contribution in [-0.2, 0) is 19.8 Å². The molecule has 8 heteroatoms. The molecule has 0 saturated heterocycles. The van der Waals surface area contributed by atoms with E-state index < -0.39 is 22.8 Å². The van der Waals surface area contributed by atoms with Crippen LogP contribution in [0.2, 0.25) is 5.15 Å². The van der Waals surface area contributed by atoms with Gasteiger partial charge < -0.3 is 9.67 Å². The highest BCUT2D eigenvalue weighted by atomic mass is 35.5. The van der Waals surface area contributed by atoms with Crippen LogP contribution in [0.1, 0.15) is 11.3 Å². The number of rotatable bonds is 2. The van der Waals surface area contributed by atoms with Crippen molar-refractivity contribution in [2.45, 2.75) is 12.8 Å². The molecule has 0 aliphatic heterocycles. The molecule has 1 aromatic carbocycles. The Bertz CT molecular complexity index is 652. The Morgan fingerprint density at radius 2 is 2.00 bits per heavy atom. The van der Waals surface area contributed by atoms with Crippen LogP contribution in [-0.4, -0.2) is 14.7 Å². The number of aromatic nitrogens is 2. The SMILES string of the molecule is Cn1c(-c2ccc(CO)cc2F)nc(C(F)(F)F)c1Cl. The third-order valence-electron chi connectivity index (χ3n) is 2.75. The van der Waals surface area contributed by atoms with Crippen LogP contribution < -0.4 is 0 Å². The molecule has 0 amide bonds. The summed E-state index contributed by atoms with van der Waals surface area (Å²) in [6, 6.07) is 3.68. The van der Waals surface area contributed by atoms with E-state index >= 15 is 0 Å². The van der Waals surface area contributed by atoms with E-state index in [-0.39, 0.29) is 18.0 Å². The Labute approximate surface area is 116 Å². The van der Waals surface area contributed by atoms with Gasteiger partial charge in [0.2, 0.25) is 0 Å². The molecule has 0 unspecified atom stereocenters. The molecule has 0 spiro atoms. The third kappa shape index (κ3) is 2.51. The highest BCUT2D eigenvalue weighted by Gasteiger charge is 2.38. The molecule has 2 rings (SSSR count). The number of nitrogens with zero attached hydrogens (tertiary/aromatic N) is 2. The molecule has 3 nitrogen and oxygen atoms in total. The first-order valence-electron chi connectivity index (χ1n) is 5.44. The van der Waals surface area contributed by atoms with Crippen molar-refractivity contribution < 1.29 is 22.7 Å². The Balaban J connectivity index is 2.59. The normalized spacial score (nSPS) is 11.9. The lowest BCUT2D eigenvalue weighted by atomic mass is 10.1. The van der Waals surface area contributed by atoms with Gasteiger partial charge in [-0.25, -0.2) is 9.37 Å². The van der Waals surface area contributed by atoms with E-state index in [1.807, 2.05) is 0 Å². The fourth-order valence-electron chi connectivity index (χ4n) is 1.74. The molecule has 0 saturated carbocycles. The van der Waals surface area contributed by atoms with Gasteiger partial charge in [0, 0.05) is 7.05 Å². The van der Waals surface area contributed by atoms with Crippen LogP contribution >= 0.6 is 11.6 Å². The number of aliphatic hydroxyl groups is 1. The maximum absolute atomic E-state index is 13.9.